The summed E-state index contributed by atoms with van der Waals surface area (Å²) in [5.74, 6) is 0. The third-order valence-electron chi connectivity index (χ3n) is 3.27. The molecule has 0 spiro atoms. The Balaban J connectivity index is 2.09. The molecule has 3 N–H and O–H groups in total. The number of anilines is 1. The van der Waals surface area contributed by atoms with Gasteiger partial charge >= 0.3 is 11.1 Å². The molecule has 9 nitrogen and oxygen atoms in total. The molecular formula is C14H11N5O4. The Morgan fingerprint density at radius 1 is 1.13 bits per heavy atom. The molecule has 0 bridgehead atoms. The molecule has 3 aromatic rings. The third kappa shape index (κ3) is 2.93. The van der Waals surface area contributed by atoms with Crippen molar-refractivity contribution in [2.45, 2.75) is 6.54 Å². The number of nitro groups is 1. The van der Waals surface area contributed by atoms with Crippen LogP contribution in [0, 0.1) is 10.1 Å². The molecule has 0 amide bonds. The molecule has 0 aliphatic heterocycles. The van der Waals surface area contributed by atoms with Crippen molar-refractivity contribution < 1.29 is 4.92 Å². The normalized spacial score (nSPS) is 10.6. The predicted octanol–water partition coefficient (Wildman–Crippen LogP) is 1.13. The first-order valence-electron chi connectivity index (χ1n) is 6.62. The zero-order valence-electron chi connectivity index (χ0n) is 11.7. The van der Waals surface area contributed by atoms with E-state index in [9.17, 15) is 19.7 Å². The van der Waals surface area contributed by atoms with Crippen LogP contribution in [-0.2, 0) is 6.54 Å². The zero-order valence-corrected chi connectivity index (χ0v) is 11.7. The minimum atomic E-state index is -0.856. The van der Waals surface area contributed by atoms with E-state index in [-0.39, 0.29) is 17.7 Å². The van der Waals surface area contributed by atoms with Gasteiger partial charge in [0, 0.05) is 42.3 Å². The topological polar surface area (TPSA) is 134 Å². The summed E-state index contributed by atoms with van der Waals surface area (Å²) in [5, 5.41) is 14.1. The van der Waals surface area contributed by atoms with E-state index in [0.29, 0.717) is 11.1 Å². The molecular weight excluding hydrogens is 302 g/mol. The van der Waals surface area contributed by atoms with E-state index in [0.717, 1.165) is 5.69 Å². The molecule has 116 valence electrons. The number of nitrogens with zero attached hydrogens (tertiary/aromatic N) is 2. The van der Waals surface area contributed by atoms with Crippen molar-refractivity contribution in [1.82, 2.24) is 15.0 Å². The van der Waals surface area contributed by atoms with Gasteiger partial charge in [0.1, 0.15) is 0 Å². The highest BCUT2D eigenvalue weighted by atomic mass is 16.6. The molecule has 0 aliphatic carbocycles. The van der Waals surface area contributed by atoms with Gasteiger partial charge in [-0.1, -0.05) is 0 Å². The number of nitrogens with one attached hydrogen (secondary N) is 3. The summed E-state index contributed by atoms with van der Waals surface area (Å²) in [7, 11) is 0. The van der Waals surface area contributed by atoms with Crippen LogP contribution < -0.4 is 16.4 Å². The molecule has 0 saturated carbocycles. The maximum Gasteiger partial charge on any atom is 0.314 e. The number of aromatic amines is 2. The van der Waals surface area contributed by atoms with E-state index in [4.69, 9.17) is 0 Å². The molecule has 0 fully saturated rings. The summed E-state index contributed by atoms with van der Waals surface area (Å²) in [6.45, 7) is 0.226. The molecule has 23 heavy (non-hydrogen) atoms. The second-order valence-corrected chi connectivity index (χ2v) is 4.78. The molecule has 2 aromatic heterocycles. The van der Waals surface area contributed by atoms with Crippen LogP contribution in [0.2, 0.25) is 0 Å². The summed E-state index contributed by atoms with van der Waals surface area (Å²) in [4.78, 5) is 42.1. The summed E-state index contributed by atoms with van der Waals surface area (Å²) >= 11 is 0. The second kappa shape index (κ2) is 5.72. The van der Waals surface area contributed by atoms with Gasteiger partial charge in [0.25, 0.3) is 5.69 Å². The van der Waals surface area contributed by atoms with E-state index >= 15 is 0 Å². The first-order valence-corrected chi connectivity index (χ1v) is 6.62. The van der Waals surface area contributed by atoms with Gasteiger partial charge in [-0.15, -0.1) is 0 Å². The number of hydrogen-bond donors (Lipinski definition) is 3. The molecule has 0 saturated heterocycles. The molecule has 2 heterocycles. The zero-order chi connectivity index (χ0) is 16.4. The van der Waals surface area contributed by atoms with Crippen molar-refractivity contribution in [2.75, 3.05) is 5.32 Å². The van der Waals surface area contributed by atoms with Crippen molar-refractivity contribution in [1.29, 1.82) is 0 Å². The maximum absolute atomic E-state index is 11.5. The summed E-state index contributed by atoms with van der Waals surface area (Å²) in [6, 6.07) is 6.04. The van der Waals surface area contributed by atoms with Crippen LogP contribution in [0.1, 0.15) is 5.56 Å². The summed E-state index contributed by atoms with van der Waals surface area (Å²) in [6.07, 6.45) is 3.21. The fourth-order valence-corrected chi connectivity index (χ4v) is 2.19. The highest BCUT2D eigenvalue weighted by Crippen LogP contribution is 2.22. The van der Waals surface area contributed by atoms with Gasteiger partial charge in [-0.05, 0) is 12.1 Å². The van der Waals surface area contributed by atoms with Crippen molar-refractivity contribution in [3.05, 3.63) is 73.0 Å². The highest BCUT2D eigenvalue weighted by Gasteiger charge is 2.13. The van der Waals surface area contributed by atoms with Crippen molar-refractivity contribution in [3.8, 4) is 0 Å². The smallest absolute Gasteiger partial charge is 0.314 e. The average molecular weight is 313 g/mol. The Bertz CT molecular complexity index is 993. The number of nitro benzene ring substituents is 1. The number of benzene rings is 1. The summed E-state index contributed by atoms with van der Waals surface area (Å²) < 4.78 is 0. The molecule has 0 atom stereocenters. The fourth-order valence-electron chi connectivity index (χ4n) is 2.19. The minimum absolute atomic E-state index is 0.174. The quantitative estimate of drug-likeness (QED) is 0.375. The van der Waals surface area contributed by atoms with Crippen LogP contribution >= 0.6 is 0 Å². The Morgan fingerprint density at radius 3 is 2.52 bits per heavy atom. The van der Waals surface area contributed by atoms with Crippen molar-refractivity contribution in [3.63, 3.8) is 0 Å². The van der Waals surface area contributed by atoms with Crippen LogP contribution in [-0.4, -0.2) is 19.9 Å². The monoisotopic (exact) mass is 313 g/mol. The lowest BCUT2D eigenvalue weighted by molar-refractivity contribution is -0.384. The van der Waals surface area contributed by atoms with E-state index in [1.165, 1.54) is 12.1 Å². The number of hydrogen-bond acceptors (Lipinski definition) is 6. The minimum Gasteiger partial charge on any atom is -0.381 e. The predicted molar refractivity (Wildman–Crippen MR) is 83.4 cm³/mol. The fraction of sp³-hybridized carbons (Fsp3) is 0.0714. The van der Waals surface area contributed by atoms with E-state index < -0.39 is 16.0 Å². The van der Waals surface area contributed by atoms with Gasteiger partial charge in [0.15, 0.2) is 0 Å². The van der Waals surface area contributed by atoms with Gasteiger partial charge in [-0.25, -0.2) is 0 Å². The Kier molecular flexibility index (Phi) is 3.59. The molecule has 1 aromatic carbocycles. The molecule has 0 unspecified atom stereocenters. The lowest BCUT2D eigenvalue weighted by Crippen LogP contribution is -2.29. The van der Waals surface area contributed by atoms with Gasteiger partial charge in [-0.2, -0.15) is 0 Å². The number of fused-ring (bicyclic) bond motifs is 1. The van der Waals surface area contributed by atoms with Gasteiger partial charge in [0.2, 0.25) is 0 Å². The molecule has 9 heteroatoms. The molecule has 0 radical (unpaired) electrons. The lowest BCUT2D eigenvalue weighted by Gasteiger charge is -2.09. The van der Waals surface area contributed by atoms with Crippen LogP contribution in [0.15, 0.2) is 46.2 Å². The Hall–Kier alpha value is -3.49. The Labute approximate surface area is 128 Å². The van der Waals surface area contributed by atoms with E-state index in [1.807, 2.05) is 0 Å². The first-order chi connectivity index (χ1) is 11.0. The van der Waals surface area contributed by atoms with Gasteiger partial charge < -0.3 is 15.3 Å². The van der Waals surface area contributed by atoms with Crippen LogP contribution in [0.25, 0.3) is 11.0 Å². The van der Waals surface area contributed by atoms with Gasteiger partial charge in [0.05, 0.1) is 16.0 Å². The Morgan fingerprint density at radius 2 is 1.83 bits per heavy atom. The van der Waals surface area contributed by atoms with E-state index in [1.54, 1.807) is 24.5 Å². The third-order valence-corrected chi connectivity index (χ3v) is 3.27. The highest BCUT2D eigenvalue weighted by molar-refractivity contribution is 5.80. The van der Waals surface area contributed by atoms with Crippen molar-refractivity contribution in [2.24, 2.45) is 0 Å². The number of non-ortho nitro benzene ring substituents is 1. The number of aromatic nitrogens is 3. The molecule has 0 aliphatic rings. The number of rotatable bonds is 4. The SMILES string of the molecule is O=c1[nH]c2cc([N+](=O)[O-])cc(CNc3ccncc3)c2[nH]c1=O. The standard InChI is InChI=1S/C14H11N5O4/c20-13-14(21)18-12-8(7-16-9-1-3-15-4-2-9)5-10(19(22)23)6-11(12)17-13/h1-6H,7H2,(H,15,16)(H,17,20)(H,18,21). The number of pyridine rings is 1. The second-order valence-electron chi connectivity index (χ2n) is 4.78. The van der Waals surface area contributed by atoms with Crippen LogP contribution in [0.5, 0.6) is 0 Å². The van der Waals surface area contributed by atoms with Crippen molar-refractivity contribution >= 4 is 22.4 Å². The van der Waals surface area contributed by atoms with Crippen LogP contribution in [0.3, 0.4) is 0 Å². The lowest BCUT2D eigenvalue weighted by atomic mass is 10.1. The molecule has 3 rings (SSSR count). The van der Waals surface area contributed by atoms with Crippen LogP contribution in [0.4, 0.5) is 11.4 Å². The first kappa shape index (κ1) is 14.4. The largest absolute Gasteiger partial charge is 0.381 e. The van der Waals surface area contributed by atoms with E-state index in [2.05, 4.69) is 20.3 Å². The summed E-state index contributed by atoms with van der Waals surface area (Å²) in [5.41, 5.74) is -0.0304. The van der Waals surface area contributed by atoms with Gasteiger partial charge in [-0.3, -0.25) is 24.7 Å². The number of H-pyrrole nitrogens is 2. The average Bonchev–Trinajstić information content (AvgIpc) is 2.54. The maximum atomic E-state index is 11.5.